The lowest BCUT2D eigenvalue weighted by molar-refractivity contribution is -0.152. The van der Waals surface area contributed by atoms with Gasteiger partial charge in [-0.2, -0.15) is 0 Å². The van der Waals surface area contributed by atoms with Gasteiger partial charge in [0, 0.05) is 5.02 Å². The monoisotopic (exact) mass is 311 g/mol. The molecular weight excluding hydrogens is 294 g/mol. The van der Waals surface area contributed by atoms with Crippen molar-refractivity contribution in [3.63, 3.8) is 0 Å². The van der Waals surface area contributed by atoms with Crippen molar-refractivity contribution in [3.05, 3.63) is 34.9 Å². The lowest BCUT2D eigenvalue weighted by Gasteiger charge is -2.33. The first-order chi connectivity index (χ1) is 9.82. The summed E-state index contributed by atoms with van der Waals surface area (Å²) in [7, 11) is 3.04. The number of carboxylic acids is 1. The Bertz CT molecular complexity index is 577. The van der Waals surface area contributed by atoms with Crippen LogP contribution in [-0.4, -0.2) is 41.6 Å². The highest BCUT2D eigenvalue weighted by atomic mass is 35.5. The number of halogens is 1. The van der Waals surface area contributed by atoms with Gasteiger partial charge in [0.15, 0.2) is 0 Å². The van der Waals surface area contributed by atoms with Crippen molar-refractivity contribution in [3.8, 4) is 0 Å². The zero-order valence-corrected chi connectivity index (χ0v) is 12.9. The van der Waals surface area contributed by atoms with Crippen molar-refractivity contribution in [1.29, 1.82) is 0 Å². The highest BCUT2D eigenvalue weighted by Crippen LogP contribution is 2.47. The summed E-state index contributed by atoms with van der Waals surface area (Å²) in [5, 5.41) is 10.0. The Labute approximate surface area is 128 Å². The van der Waals surface area contributed by atoms with E-state index in [4.69, 9.17) is 16.3 Å². The van der Waals surface area contributed by atoms with E-state index in [0.717, 1.165) is 0 Å². The van der Waals surface area contributed by atoms with Crippen LogP contribution in [0.4, 0.5) is 0 Å². The topological polar surface area (TPSA) is 66.8 Å². The van der Waals surface area contributed by atoms with Crippen LogP contribution in [0.1, 0.15) is 24.9 Å². The summed E-state index contributed by atoms with van der Waals surface area (Å²) in [5.74, 6) is -2.11. The number of benzene rings is 1. The Morgan fingerprint density at radius 1 is 1.43 bits per heavy atom. The van der Waals surface area contributed by atoms with Crippen molar-refractivity contribution in [2.24, 2.45) is 5.92 Å². The maximum atomic E-state index is 12.1. The predicted octanol–water partition coefficient (Wildman–Crippen LogP) is 2.35. The molecule has 1 aliphatic rings. The molecule has 5 nitrogen and oxygen atoms in total. The number of aliphatic carboxylic acids is 1. The molecule has 3 atom stereocenters. The minimum Gasteiger partial charge on any atom is -0.481 e. The smallest absolute Gasteiger partial charge is 0.326 e. The third-order valence-corrected chi connectivity index (χ3v) is 4.70. The molecule has 1 aromatic rings. The standard InChI is InChI=1S/C15H18ClNO4/c1-15(14(20)21-3)8-10(13(18)19)12(17(15)2)9-6-4-5-7-11(9)16/h4-7,10,12H,8H2,1-3H3,(H,18,19). The molecule has 3 unspecified atom stereocenters. The minimum atomic E-state index is -0.984. The van der Waals surface area contributed by atoms with Crippen LogP contribution in [0.5, 0.6) is 0 Å². The number of likely N-dealkylation sites (tertiary alicyclic amines) is 1. The molecule has 1 aromatic carbocycles. The lowest BCUT2D eigenvalue weighted by Crippen LogP contribution is -2.47. The van der Waals surface area contributed by atoms with E-state index in [0.29, 0.717) is 10.6 Å². The average molecular weight is 312 g/mol. The van der Waals surface area contributed by atoms with Gasteiger partial charge in [-0.25, -0.2) is 0 Å². The number of hydrogen-bond donors (Lipinski definition) is 1. The van der Waals surface area contributed by atoms with Crippen LogP contribution in [0.3, 0.4) is 0 Å². The molecular formula is C15H18ClNO4. The Hall–Kier alpha value is -1.59. The first kappa shape index (κ1) is 15.8. The third kappa shape index (κ3) is 2.51. The molecule has 6 heteroatoms. The fourth-order valence-corrected chi connectivity index (χ4v) is 3.32. The molecule has 0 saturated carbocycles. The van der Waals surface area contributed by atoms with Gasteiger partial charge in [0.2, 0.25) is 0 Å². The predicted molar refractivity (Wildman–Crippen MR) is 78.1 cm³/mol. The second-order valence-electron chi connectivity index (χ2n) is 5.49. The number of carbonyl (C=O) groups is 2. The molecule has 1 heterocycles. The zero-order chi connectivity index (χ0) is 15.8. The summed E-state index contributed by atoms with van der Waals surface area (Å²) in [5.41, 5.74) is -0.275. The van der Waals surface area contributed by atoms with E-state index in [1.165, 1.54) is 7.11 Å². The molecule has 0 spiro atoms. The highest BCUT2D eigenvalue weighted by molar-refractivity contribution is 6.31. The Balaban J connectivity index is 2.50. The number of carbonyl (C=O) groups excluding carboxylic acids is 1. The van der Waals surface area contributed by atoms with Crippen LogP contribution in [0.25, 0.3) is 0 Å². The molecule has 1 fully saturated rings. The first-order valence-electron chi connectivity index (χ1n) is 6.61. The number of ether oxygens (including phenoxy) is 1. The quantitative estimate of drug-likeness (QED) is 0.868. The average Bonchev–Trinajstić information content (AvgIpc) is 2.73. The highest BCUT2D eigenvalue weighted by Gasteiger charge is 2.55. The van der Waals surface area contributed by atoms with Gasteiger partial charge in [0.1, 0.15) is 5.54 Å². The lowest BCUT2D eigenvalue weighted by atomic mass is 9.90. The molecule has 21 heavy (non-hydrogen) atoms. The molecule has 1 N–H and O–H groups in total. The van der Waals surface area contributed by atoms with E-state index < -0.39 is 29.4 Å². The van der Waals surface area contributed by atoms with Gasteiger partial charge in [-0.3, -0.25) is 14.5 Å². The van der Waals surface area contributed by atoms with Gasteiger partial charge in [-0.1, -0.05) is 29.8 Å². The maximum absolute atomic E-state index is 12.1. The zero-order valence-electron chi connectivity index (χ0n) is 12.2. The van der Waals surface area contributed by atoms with Crippen molar-refractivity contribution < 1.29 is 19.4 Å². The molecule has 0 aliphatic carbocycles. The number of likely N-dealkylation sites (N-methyl/N-ethyl adjacent to an activating group) is 1. The van der Waals surface area contributed by atoms with E-state index in [1.807, 2.05) is 6.07 Å². The SMILES string of the molecule is COC(=O)C1(C)CC(C(=O)O)C(c2ccccc2Cl)N1C. The number of methoxy groups -OCH3 is 1. The first-order valence-corrected chi connectivity index (χ1v) is 6.99. The fraction of sp³-hybridized carbons (Fsp3) is 0.467. The van der Waals surface area contributed by atoms with Crippen molar-refractivity contribution in [2.45, 2.75) is 24.9 Å². The van der Waals surface area contributed by atoms with Crippen molar-refractivity contribution in [2.75, 3.05) is 14.2 Å². The number of nitrogens with zero attached hydrogens (tertiary/aromatic N) is 1. The third-order valence-electron chi connectivity index (χ3n) is 4.36. The molecule has 0 radical (unpaired) electrons. The summed E-state index contributed by atoms with van der Waals surface area (Å²) < 4.78 is 4.84. The second-order valence-corrected chi connectivity index (χ2v) is 5.90. The molecule has 0 amide bonds. The molecule has 1 saturated heterocycles. The van der Waals surface area contributed by atoms with Crippen LogP contribution >= 0.6 is 11.6 Å². The Kier molecular flexibility index (Phi) is 4.25. The van der Waals surface area contributed by atoms with Crippen LogP contribution in [0.15, 0.2) is 24.3 Å². The van der Waals surface area contributed by atoms with E-state index in [1.54, 1.807) is 37.1 Å². The summed E-state index contributed by atoms with van der Waals surface area (Å²) in [6.07, 6.45) is 0.182. The van der Waals surface area contributed by atoms with Crippen LogP contribution in [0.2, 0.25) is 5.02 Å². The largest absolute Gasteiger partial charge is 0.481 e. The second kappa shape index (κ2) is 5.66. The van der Waals surface area contributed by atoms with Crippen molar-refractivity contribution in [1.82, 2.24) is 4.90 Å². The van der Waals surface area contributed by atoms with Crippen LogP contribution in [-0.2, 0) is 14.3 Å². The molecule has 114 valence electrons. The Morgan fingerprint density at radius 2 is 2.05 bits per heavy atom. The fourth-order valence-electron chi connectivity index (χ4n) is 3.07. The molecule has 0 aromatic heterocycles. The number of carboxylic acid groups (broad SMARTS) is 1. The van der Waals surface area contributed by atoms with Crippen molar-refractivity contribution >= 4 is 23.5 Å². The van der Waals surface area contributed by atoms with Gasteiger partial charge in [0.05, 0.1) is 19.1 Å². The molecule has 1 aliphatic heterocycles. The Morgan fingerprint density at radius 3 is 2.57 bits per heavy atom. The van der Waals surface area contributed by atoms with E-state index in [2.05, 4.69) is 0 Å². The van der Waals surface area contributed by atoms with E-state index in [-0.39, 0.29) is 6.42 Å². The molecule has 2 rings (SSSR count). The minimum absolute atomic E-state index is 0.182. The van der Waals surface area contributed by atoms with Gasteiger partial charge < -0.3 is 9.84 Å². The molecule has 0 bridgehead atoms. The summed E-state index contributed by atoms with van der Waals surface area (Å²) >= 11 is 6.21. The summed E-state index contributed by atoms with van der Waals surface area (Å²) in [4.78, 5) is 25.5. The van der Waals surface area contributed by atoms with Gasteiger partial charge >= 0.3 is 11.9 Å². The summed E-state index contributed by atoms with van der Waals surface area (Å²) in [6, 6.07) is 6.64. The van der Waals surface area contributed by atoms with E-state index >= 15 is 0 Å². The van der Waals surface area contributed by atoms with Gasteiger partial charge in [-0.15, -0.1) is 0 Å². The maximum Gasteiger partial charge on any atom is 0.326 e. The number of rotatable bonds is 3. The van der Waals surface area contributed by atoms with E-state index in [9.17, 15) is 14.7 Å². The number of hydrogen-bond acceptors (Lipinski definition) is 4. The summed E-state index contributed by atoms with van der Waals surface area (Å²) in [6.45, 7) is 1.70. The van der Waals surface area contributed by atoms with Gasteiger partial charge in [0.25, 0.3) is 0 Å². The van der Waals surface area contributed by atoms with Crippen LogP contribution in [0, 0.1) is 5.92 Å². The number of esters is 1. The van der Waals surface area contributed by atoms with Crippen LogP contribution < -0.4 is 0 Å². The normalized spacial score (nSPS) is 29.3. The van der Waals surface area contributed by atoms with Gasteiger partial charge in [-0.05, 0) is 32.0 Å².